The molecule has 0 nitrogen and oxygen atoms in total. The highest BCUT2D eigenvalue weighted by molar-refractivity contribution is 9.10. The van der Waals surface area contributed by atoms with Gasteiger partial charge < -0.3 is 0 Å². The summed E-state index contributed by atoms with van der Waals surface area (Å²) in [5.41, 5.74) is 4.08. The Morgan fingerprint density at radius 2 is 2.13 bits per heavy atom. The van der Waals surface area contributed by atoms with Gasteiger partial charge in [-0.05, 0) is 49.8 Å². The molecule has 82 valence electrons. The zero-order chi connectivity index (χ0) is 11.4. The van der Waals surface area contributed by atoms with Gasteiger partial charge in [0.15, 0.2) is 0 Å². The van der Waals surface area contributed by atoms with E-state index in [1.54, 1.807) is 0 Å². The highest BCUT2D eigenvalue weighted by Gasteiger charge is 2.14. The second-order valence-corrected chi connectivity index (χ2v) is 5.09. The van der Waals surface area contributed by atoms with Crippen molar-refractivity contribution in [3.05, 3.63) is 46.0 Å². The molecule has 0 fully saturated rings. The molecule has 0 aliphatic carbocycles. The third kappa shape index (κ3) is 3.20. The summed E-state index contributed by atoms with van der Waals surface area (Å²) in [6, 6.07) is 6.40. The van der Waals surface area contributed by atoms with Crippen LogP contribution in [0.5, 0.6) is 0 Å². The monoisotopic (exact) mass is 266 g/mol. The molecule has 0 saturated carbocycles. The van der Waals surface area contributed by atoms with Crippen LogP contribution < -0.4 is 0 Å². The van der Waals surface area contributed by atoms with Crippen molar-refractivity contribution in [2.75, 3.05) is 0 Å². The lowest BCUT2D eigenvalue weighted by Crippen LogP contribution is -2.01. The number of hydrogen-bond acceptors (Lipinski definition) is 0. The molecular weight excluding hydrogens is 248 g/mol. The van der Waals surface area contributed by atoms with E-state index in [1.807, 2.05) is 0 Å². The molecule has 1 unspecified atom stereocenters. The molecule has 0 N–H and O–H groups in total. The average molecular weight is 267 g/mol. The summed E-state index contributed by atoms with van der Waals surface area (Å²) in [6.07, 6.45) is 2.25. The summed E-state index contributed by atoms with van der Waals surface area (Å²) in [5.74, 6) is 0.595. The molecule has 1 heteroatoms. The number of allylic oxidation sites excluding steroid dienone is 1. The summed E-state index contributed by atoms with van der Waals surface area (Å²) in [7, 11) is 0. The van der Waals surface area contributed by atoms with E-state index in [2.05, 4.69) is 61.5 Å². The topological polar surface area (TPSA) is 0 Å². The van der Waals surface area contributed by atoms with Crippen molar-refractivity contribution in [1.29, 1.82) is 0 Å². The predicted octanol–water partition coefficient (Wildman–Crippen LogP) is 5.22. The maximum atomic E-state index is 4.01. The normalized spacial score (nSPS) is 12.5. The van der Waals surface area contributed by atoms with E-state index in [9.17, 15) is 0 Å². The Kier molecular flexibility index (Phi) is 4.59. The van der Waals surface area contributed by atoms with E-state index in [4.69, 9.17) is 0 Å². The molecule has 0 bridgehead atoms. The molecule has 0 amide bonds. The molecule has 0 heterocycles. The minimum Gasteiger partial charge on any atom is -0.100 e. The van der Waals surface area contributed by atoms with E-state index < -0.39 is 0 Å². The second-order valence-electron chi connectivity index (χ2n) is 4.24. The molecular formula is C14H19Br. The maximum absolute atomic E-state index is 4.01. The van der Waals surface area contributed by atoms with E-state index in [0.29, 0.717) is 5.92 Å². The van der Waals surface area contributed by atoms with E-state index >= 15 is 0 Å². The van der Waals surface area contributed by atoms with Crippen LogP contribution in [0.15, 0.2) is 34.8 Å². The van der Waals surface area contributed by atoms with Crippen molar-refractivity contribution in [1.82, 2.24) is 0 Å². The number of rotatable bonds is 4. The highest BCUT2D eigenvalue weighted by atomic mass is 79.9. The molecule has 0 aliphatic rings. The van der Waals surface area contributed by atoms with Crippen LogP contribution in [-0.4, -0.2) is 0 Å². The van der Waals surface area contributed by atoms with Crippen LogP contribution in [0.2, 0.25) is 0 Å². The lowest BCUT2D eigenvalue weighted by molar-refractivity contribution is 0.650. The van der Waals surface area contributed by atoms with Crippen molar-refractivity contribution in [3.8, 4) is 0 Å². The van der Waals surface area contributed by atoms with Crippen molar-refractivity contribution in [3.63, 3.8) is 0 Å². The van der Waals surface area contributed by atoms with Crippen LogP contribution in [-0.2, 0) is 0 Å². The van der Waals surface area contributed by atoms with Crippen LogP contribution in [0.3, 0.4) is 0 Å². The molecule has 0 aliphatic heterocycles. The smallest absolute Gasteiger partial charge is 0.0212 e. The van der Waals surface area contributed by atoms with Gasteiger partial charge in [-0.15, -0.1) is 6.58 Å². The molecule has 0 spiro atoms. The van der Waals surface area contributed by atoms with Crippen LogP contribution in [0.4, 0.5) is 0 Å². The zero-order valence-corrected chi connectivity index (χ0v) is 11.4. The van der Waals surface area contributed by atoms with Gasteiger partial charge in [-0.3, -0.25) is 0 Å². The first-order valence-corrected chi connectivity index (χ1v) is 6.25. The fourth-order valence-electron chi connectivity index (χ4n) is 2.03. The Morgan fingerprint density at radius 3 is 2.60 bits per heavy atom. The van der Waals surface area contributed by atoms with Gasteiger partial charge in [0.1, 0.15) is 0 Å². The summed E-state index contributed by atoms with van der Waals surface area (Å²) >= 11 is 3.65. The standard InChI is InChI=1S/C14H19Br/c1-5-12(9-10(2)3)14-11(4)7-6-8-13(14)15/h6-8,12H,2,5,9H2,1,3-4H3. The van der Waals surface area contributed by atoms with E-state index in [0.717, 1.165) is 12.8 Å². The minimum absolute atomic E-state index is 0.595. The first-order chi connectivity index (χ1) is 7.06. The van der Waals surface area contributed by atoms with Gasteiger partial charge in [-0.1, -0.05) is 40.6 Å². The van der Waals surface area contributed by atoms with Crippen molar-refractivity contribution in [2.45, 2.75) is 39.5 Å². The summed E-state index contributed by atoms with van der Waals surface area (Å²) in [6.45, 7) is 10.5. The van der Waals surface area contributed by atoms with Gasteiger partial charge in [0.2, 0.25) is 0 Å². The quantitative estimate of drug-likeness (QED) is 0.656. The van der Waals surface area contributed by atoms with Gasteiger partial charge >= 0.3 is 0 Å². The molecule has 1 rings (SSSR count). The van der Waals surface area contributed by atoms with Gasteiger partial charge in [0.25, 0.3) is 0 Å². The molecule has 15 heavy (non-hydrogen) atoms. The maximum Gasteiger partial charge on any atom is 0.0212 e. The summed E-state index contributed by atoms with van der Waals surface area (Å²) in [4.78, 5) is 0. The number of benzene rings is 1. The van der Waals surface area contributed by atoms with Gasteiger partial charge in [-0.2, -0.15) is 0 Å². The highest BCUT2D eigenvalue weighted by Crippen LogP contribution is 2.34. The zero-order valence-electron chi connectivity index (χ0n) is 9.81. The molecule has 0 aromatic heterocycles. The molecule has 0 radical (unpaired) electrons. The largest absolute Gasteiger partial charge is 0.100 e. The van der Waals surface area contributed by atoms with E-state index in [-0.39, 0.29) is 0 Å². The van der Waals surface area contributed by atoms with Crippen LogP contribution in [0, 0.1) is 6.92 Å². The van der Waals surface area contributed by atoms with Crippen molar-refractivity contribution >= 4 is 15.9 Å². The fraction of sp³-hybridized carbons (Fsp3) is 0.429. The first kappa shape index (κ1) is 12.5. The SMILES string of the molecule is C=C(C)CC(CC)c1c(C)cccc1Br. The minimum atomic E-state index is 0.595. The number of aryl methyl sites for hydroxylation is 1. The van der Waals surface area contributed by atoms with Gasteiger partial charge in [0.05, 0.1) is 0 Å². The van der Waals surface area contributed by atoms with Crippen LogP contribution >= 0.6 is 15.9 Å². The Hall–Kier alpha value is -0.560. The molecule has 0 saturated heterocycles. The molecule has 1 aromatic rings. The molecule has 1 atom stereocenters. The van der Waals surface area contributed by atoms with Gasteiger partial charge in [0, 0.05) is 4.47 Å². The van der Waals surface area contributed by atoms with Crippen molar-refractivity contribution < 1.29 is 0 Å². The lowest BCUT2D eigenvalue weighted by atomic mass is 9.88. The van der Waals surface area contributed by atoms with Crippen LogP contribution in [0.25, 0.3) is 0 Å². The van der Waals surface area contributed by atoms with Crippen molar-refractivity contribution in [2.24, 2.45) is 0 Å². The Balaban J connectivity index is 3.05. The third-order valence-corrected chi connectivity index (χ3v) is 3.46. The lowest BCUT2D eigenvalue weighted by Gasteiger charge is -2.19. The Bertz CT molecular complexity index is 332. The first-order valence-electron chi connectivity index (χ1n) is 5.45. The summed E-state index contributed by atoms with van der Waals surface area (Å²) in [5, 5.41) is 0. The van der Waals surface area contributed by atoms with Crippen LogP contribution in [0.1, 0.15) is 43.7 Å². The molecule has 1 aromatic carbocycles. The number of hydrogen-bond donors (Lipinski definition) is 0. The predicted molar refractivity (Wildman–Crippen MR) is 71.3 cm³/mol. The number of halogens is 1. The fourth-order valence-corrected chi connectivity index (χ4v) is 2.82. The Labute approximate surface area is 102 Å². The Morgan fingerprint density at radius 1 is 1.47 bits per heavy atom. The second kappa shape index (κ2) is 5.50. The van der Waals surface area contributed by atoms with E-state index in [1.165, 1.54) is 21.2 Å². The van der Waals surface area contributed by atoms with Gasteiger partial charge in [-0.25, -0.2) is 0 Å². The summed E-state index contributed by atoms with van der Waals surface area (Å²) < 4.78 is 1.23. The average Bonchev–Trinajstić information content (AvgIpc) is 2.15. The third-order valence-electron chi connectivity index (χ3n) is 2.77.